The van der Waals surface area contributed by atoms with E-state index in [9.17, 15) is 0 Å². The van der Waals surface area contributed by atoms with Gasteiger partial charge in [0.1, 0.15) is 0 Å². The Bertz CT molecular complexity index is 127. The van der Waals surface area contributed by atoms with Crippen LogP contribution in [0.3, 0.4) is 0 Å². The van der Waals surface area contributed by atoms with E-state index in [2.05, 4.69) is 33.0 Å². The molecule has 1 aliphatic rings. The van der Waals surface area contributed by atoms with Crippen molar-refractivity contribution in [3.63, 3.8) is 0 Å². The van der Waals surface area contributed by atoms with Crippen LogP contribution in [0.25, 0.3) is 0 Å². The Labute approximate surface area is 70.6 Å². The van der Waals surface area contributed by atoms with Crippen LogP contribution in [0.2, 0.25) is 0 Å². The quantitative estimate of drug-likeness (QED) is 0.613. The summed E-state index contributed by atoms with van der Waals surface area (Å²) in [7, 11) is 0. The Hall–Kier alpha value is -0.0400. The molecule has 1 heterocycles. The lowest BCUT2D eigenvalue weighted by Crippen LogP contribution is -2.51. The molecule has 1 heteroatoms. The third-order valence-electron chi connectivity index (χ3n) is 2.70. The van der Waals surface area contributed by atoms with E-state index in [1.807, 2.05) is 0 Å². The SMILES string of the molecule is CC(C)[C@@H]1CCCC(C)(C)N1. The molecule has 0 saturated carbocycles. The summed E-state index contributed by atoms with van der Waals surface area (Å²) in [6.45, 7) is 9.22. The minimum atomic E-state index is 0.382. The summed E-state index contributed by atoms with van der Waals surface area (Å²) in [5.74, 6) is 0.787. The van der Waals surface area contributed by atoms with Crippen molar-refractivity contribution in [1.82, 2.24) is 5.32 Å². The number of hydrogen-bond acceptors (Lipinski definition) is 1. The monoisotopic (exact) mass is 155 g/mol. The summed E-state index contributed by atoms with van der Waals surface area (Å²) in [6.07, 6.45) is 4.08. The highest BCUT2D eigenvalue weighted by atomic mass is 15.0. The summed E-state index contributed by atoms with van der Waals surface area (Å²) < 4.78 is 0. The molecule has 1 saturated heterocycles. The topological polar surface area (TPSA) is 12.0 Å². The van der Waals surface area contributed by atoms with Crippen LogP contribution in [-0.4, -0.2) is 11.6 Å². The van der Waals surface area contributed by atoms with E-state index in [1.165, 1.54) is 19.3 Å². The van der Waals surface area contributed by atoms with E-state index in [1.54, 1.807) is 0 Å². The van der Waals surface area contributed by atoms with Crippen molar-refractivity contribution in [2.24, 2.45) is 5.92 Å². The molecule has 0 radical (unpaired) electrons. The van der Waals surface area contributed by atoms with Crippen LogP contribution in [-0.2, 0) is 0 Å². The van der Waals surface area contributed by atoms with Gasteiger partial charge in [-0.05, 0) is 32.6 Å². The Morgan fingerprint density at radius 3 is 2.36 bits per heavy atom. The molecule has 0 spiro atoms. The Balaban J connectivity index is 2.46. The molecule has 0 aromatic carbocycles. The van der Waals surface area contributed by atoms with Crippen molar-refractivity contribution in [2.45, 2.75) is 58.5 Å². The maximum Gasteiger partial charge on any atom is 0.0127 e. The van der Waals surface area contributed by atoms with E-state index in [4.69, 9.17) is 0 Å². The van der Waals surface area contributed by atoms with Gasteiger partial charge in [0.25, 0.3) is 0 Å². The molecule has 1 atom stereocenters. The molecule has 1 fully saturated rings. The highest BCUT2D eigenvalue weighted by Gasteiger charge is 2.27. The Morgan fingerprint density at radius 2 is 2.00 bits per heavy atom. The molecule has 1 aliphatic heterocycles. The van der Waals surface area contributed by atoms with E-state index < -0.39 is 0 Å². The zero-order valence-corrected chi connectivity index (χ0v) is 8.28. The van der Waals surface area contributed by atoms with Gasteiger partial charge in [-0.3, -0.25) is 0 Å². The first-order valence-electron chi connectivity index (χ1n) is 4.79. The Morgan fingerprint density at radius 1 is 1.36 bits per heavy atom. The van der Waals surface area contributed by atoms with Gasteiger partial charge in [-0.2, -0.15) is 0 Å². The molecule has 1 N–H and O–H groups in total. The van der Waals surface area contributed by atoms with Gasteiger partial charge in [0.05, 0.1) is 0 Å². The van der Waals surface area contributed by atoms with E-state index in [-0.39, 0.29) is 0 Å². The van der Waals surface area contributed by atoms with Crippen molar-refractivity contribution >= 4 is 0 Å². The molecule has 0 amide bonds. The summed E-state index contributed by atoms with van der Waals surface area (Å²) in [5.41, 5.74) is 0.382. The van der Waals surface area contributed by atoms with Crippen LogP contribution >= 0.6 is 0 Å². The summed E-state index contributed by atoms with van der Waals surface area (Å²) in [6, 6.07) is 0.749. The summed E-state index contributed by atoms with van der Waals surface area (Å²) in [5, 5.41) is 3.69. The third kappa shape index (κ3) is 2.48. The average molecular weight is 155 g/mol. The van der Waals surface area contributed by atoms with Gasteiger partial charge < -0.3 is 5.32 Å². The van der Waals surface area contributed by atoms with Gasteiger partial charge in [-0.15, -0.1) is 0 Å². The molecule has 66 valence electrons. The average Bonchev–Trinajstić information content (AvgIpc) is 1.85. The Kier molecular flexibility index (Phi) is 2.58. The van der Waals surface area contributed by atoms with Crippen molar-refractivity contribution in [2.75, 3.05) is 0 Å². The number of nitrogens with one attached hydrogen (secondary N) is 1. The number of rotatable bonds is 1. The molecule has 11 heavy (non-hydrogen) atoms. The lowest BCUT2D eigenvalue weighted by Gasteiger charge is -2.39. The predicted molar refractivity (Wildman–Crippen MR) is 49.7 cm³/mol. The largest absolute Gasteiger partial charge is 0.309 e. The van der Waals surface area contributed by atoms with Crippen LogP contribution < -0.4 is 5.32 Å². The summed E-state index contributed by atoms with van der Waals surface area (Å²) >= 11 is 0. The van der Waals surface area contributed by atoms with Crippen LogP contribution in [0.15, 0.2) is 0 Å². The van der Waals surface area contributed by atoms with Gasteiger partial charge in [-0.1, -0.05) is 20.3 Å². The number of piperidine rings is 1. The first kappa shape index (κ1) is 9.05. The molecule has 0 bridgehead atoms. The van der Waals surface area contributed by atoms with Crippen molar-refractivity contribution < 1.29 is 0 Å². The van der Waals surface area contributed by atoms with Crippen molar-refractivity contribution in [1.29, 1.82) is 0 Å². The zero-order valence-electron chi connectivity index (χ0n) is 8.28. The molecule has 1 rings (SSSR count). The van der Waals surface area contributed by atoms with Gasteiger partial charge in [0, 0.05) is 11.6 Å². The second-order valence-electron chi connectivity index (χ2n) is 4.77. The highest BCUT2D eigenvalue weighted by Crippen LogP contribution is 2.24. The number of hydrogen-bond donors (Lipinski definition) is 1. The fraction of sp³-hybridized carbons (Fsp3) is 1.00. The summed E-state index contributed by atoms with van der Waals surface area (Å²) in [4.78, 5) is 0. The van der Waals surface area contributed by atoms with Crippen molar-refractivity contribution in [3.8, 4) is 0 Å². The van der Waals surface area contributed by atoms with Crippen LogP contribution in [0, 0.1) is 5.92 Å². The standard InChI is InChI=1S/C10H21N/c1-8(2)9-6-5-7-10(3,4)11-9/h8-9,11H,5-7H2,1-4H3/t9-/m0/s1. The maximum atomic E-state index is 3.69. The first-order chi connectivity index (χ1) is 5.01. The normalized spacial score (nSPS) is 30.8. The van der Waals surface area contributed by atoms with E-state index in [0.717, 1.165) is 12.0 Å². The van der Waals surface area contributed by atoms with E-state index in [0.29, 0.717) is 5.54 Å². The lowest BCUT2D eigenvalue weighted by atomic mass is 9.85. The van der Waals surface area contributed by atoms with Gasteiger partial charge in [-0.25, -0.2) is 0 Å². The molecule has 0 aromatic heterocycles. The van der Waals surface area contributed by atoms with Gasteiger partial charge >= 0.3 is 0 Å². The van der Waals surface area contributed by atoms with Crippen LogP contribution in [0.1, 0.15) is 47.0 Å². The molecule has 0 unspecified atom stereocenters. The smallest absolute Gasteiger partial charge is 0.0127 e. The molecule has 1 nitrogen and oxygen atoms in total. The minimum absolute atomic E-state index is 0.382. The molecule has 0 aliphatic carbocycles. The van der Waals surface area contributed by atoms with Gasteiger partial charge in [0.15, 0.2) is 0 Å². The molecular formula is C10H21N. The zero-order chi connectivity index (χ0) is 8.48. The molecule has 0 aromatic rings. The third-order valence-corrected chi connectivity index (χ3v) is 2.70. The highest BCUT2D eigenvalue weighted by molar-refractivity contribution is 4.88. The first-order valence-corrected chi connectivity index (χ1v) is 4.79. The fourth-order valence-corrected chi connectivity index (χ4v) is 1.91. The molecular weight excluding hydrogens is 134 g/mol. The van der Waals surface area contributed by atoms with Crippen LogP contribution in [0.4, 0.5) is 0 Å². The van der Waals surface area contributed by atoms with Crippen LogP contribution in [0.5, 0.6) is 0 Å². The predicted octanol–water partition coefficient (Wildman–Crippen LogP) is 2.56. The second kappa shape index (κ2) is 3.14. The maximum absolute atomic E-state index is 3.69. The van der Waals surface area contributed by atoms with E-state index >= 15 is 0 Å². The minimum Gasteiger partial charge on any atom is -0.309 e. The fourth-order valence-electron chi connectivity index (χ4n) is 1.91. The second-order valence-corrected chi connectivity index (χ2v) is 4.77. The lowest BCUT2D eigenvalue weighted by molar-refractivity contribution is 0.207. The van der Waals surface area contributed by atoms with Crippen molar-refractivity contribution in [3.05, 3.63) is 0 Å². The van der Waals surface area contributed by atoms with Gasteiger partial charge in [0.2, 0.25) is 0 Å².